The van der Waals surface area contributed by atoms with Gasteiger partial charge in [0, 0.05) is 12.5 Å². The Kier molecular flexibility index (Phi) is 6.15. The molecule has 1 aliphatic heterocycles. The number of amides is 1. The van der Waals surface area contributed by atoms with E-state index in [-0.39, 0.29) is 5.91 Å². The monoisotopic (exact) mass is 266 g/mol. The first kappa shape index (κ1) is 14.8. The minimum Gasteiger partial charge on any atom is -0.353 e. The first-order valence-electron chi connectivity index (χ1n) is 8.26. The lowest BCUT2D eigenvalue weighted by molar-refractivity contribution is -0.122. The van der Waals surface area contributed by atoms with E-state index in [9.17, 15) is 4.79 Å². The molecule has 0 aromatic heterocycles. The molecule has 2 N–H and O–H groups in total. The van der Waals surface area contributed by atoms with Crippen molar-refractivity contribution in [2.75, 3.05) is 13.1 Å². The fourth-order valence-corrected chi connectivity index (χ4v) is 3.49. The smallest absolute Gasteiger partial charge is 0.220 e. The van der Waals surface area contributed by atoms with Gasteiger partial charge in [0.1, 0.15) is 0 Å². The Morgan fingerprint density at radius 1 is 1.11 bits per heavy atom. The van der Waals surface area contributed by atoms with Crippen LogP contribution in [0.25, 0.3) is 0 Å². The maximum atomic E-state index is 12.1. The third-order valence-corrected chi connectivity index (χ3v) is 4.95. The maximum absolute atomic E-state index is 12.1. The summed E-state index contributed by atoms with van der Waals surface area (Å²) in [5, 5.41) is 6.67. The zero-order chi connectivity index (χ0) is 13.5. The Hall–Kier alpha value is -0.570. The van der Waals surface area contributed by atoms with E-state index in [0.29, 0.717) is 12.0 Å². The van der Waals surface area contributed by atoms with Gasteiger partial charge >= 0.3 is 0 Å². The summed E-state index contributed by atoms with van der Waals surface area (Å²) < 4.78 is 0. The highest BCUT2D eigenvalue weighted by atomic mass is 16.1. The predicted octanol–water partition coefficient (Wildman–Crippen LogP) is 2.85. The van der Waals surface area contributed by atoms with Gasteiger partial charge in [0.15, 0.2) is 0 Å². The molecule has 110 valence electrons. The minimum absolute atomic E-state index is 0.289. The molecule has 0 aromatic carbocycles. The van der Waals surface area contributed by atoms with Crippen molar-refractivity contribution in [3.8, 4) is 0 Å². The molecule has 0 radical (unpaired) electrons. The van der Waals surface area contributed by atoms with E-state index in [1.54, 1.807) is 0 Å². The van der Waals surface area contributed by atoms with E-state index in [4.69, 9.17) is 0 Å². The second-order valence-electron chi connectivity index (χ2n) is 6.52. The van der Waals surface area contributed by atoms with Crippen molar-refractivity contribution in [2.45, 2.75) is 70.8 Å². The molecule has 2 rings (SSSR count). The number of rotatable bonds is 4. The molecule has 1 amide bonds. The molecule has 3 heteroatoms. The lowest BCUT2D eigenvalue weighted by atomic mass is 9.92. The zero-order valence-electron chi connectivity index (χ0n) is 12.4. The van der Waals surface area contributed by atoms with Gasteiger partial charge in [0.25, 0.3) is 0 Å². The van der Waals surface area contributed by atoms with Crippen molar-refractivity contribution in [2.24, 2.45) is 11.8 Å². The average molecular weight is 266 g/mol. The van der Waals surface area contributed by atoms with E-state index in [0.717, 1.165) is 31.8 Å². The van der Waals surface area contributed by atoms with Crippen LogP contribution < -0.4 is 10.6 Å². The number of carbonyl (C=O) groups is 1. The van der Waals surface area contributed by atoms with Crippen molar-refractivity contribution >= 4 is 5.91 Å². The van der Waals surface area contributed by atoms with Gasteiger partial charge < -0.3 is 10.6 Å². The van der Waals surface area contributed by atoms with E-state index >= 15 is 0 Å². The van der Waals surface area contributed by atoms with Crippen LogP contribution >= 0.6 is 0 Å². The number of nitrogens with one attached hydrogen (secondary N) is 2. The van der Waals surface area contributed by atoms with E-state index in [1.165, 1.54) is 44.9 Å². The van der Waals surface area contributed by atoms with E-state index < -0.39 is 0 Å². The van der Waals surface area contributed by atoms with Crippen LogP contribution in [0.15, 0.2) is 0 Å². The lowest BCUT2D eigenvalue weighted by Gasteiger charge is -2.25. The Morgan fingerprint density at radius 3 is 2.63 bits per heavy atom. The van der Waals surface area contributed by atoms with Crippen LogP contribution in [0.5, 0.6) is 0 Å². The molecule has 0 bridgehead atoms. The van der Waals surface area contributed by atoms with Crippen LogP contribution in [0.2, 0.25) is 0 Å². The number of hydrogen-bond acceptors (Lipinski definition) is 2. The van der Waals surface area contributed by atoms with Gasteiger partial charge in [-0.25, -0.2) is 0 Å². The summed E-state index contributed by atoms with van der Waals surface area (Å²) in [4.78, 5) is 12.1. The molecule has 19 heavy (non-hydrogen) atoms. The normalized spacial score (nSPS) is 29.7. The topological polar surface area (TPSA) is 41.1 Å². The molecule has 1 saturated carbocycles. The summed E-state index contributed by atoms with van der Waals surface area (Å²) in [5.74, 6) is 1.71. The Labute approximate surface area is 117 Å². The van der Waals surface area contributed by atoms with E-state index in [2.05, 4.69) is 17.6 Å². The van der Waals surface area contributed by atoms with Crippen molar-refractivity contribution in [3.05, 3.63) is 0 Å². The Balaban J connectivity index is 1.67. The van der Waals surface area contributed by atoms with Gasteiger partial charge in [-0.15, -0.1) is 0 Å². The molecule has 1 heterocycles. The molecular formula is C16H30N2O. The summed E-state index contributed by atoms with van der Waals surface area (Å²) >= 11 is 0. The predicted molar refractivity (Wildman–Crippen MR) is 79.0 cm³/mol. The highest BCUT2D eigenvalue weighted by Gasteiger charge is 2.22. The number of hydrogen-bond donors (Lipinski definition) is 2. The van der Waals surface area contributed by atoms with Crippen LogP contribution in [-0.4, -0.2) is 25.0 Å². The van der Waals surface area contributed by atoms with Crippen LogP contribution in [0.1, 0.15) is 64.7 Å². The van der Waals surface area contributed by atoms with Crippen LogP contribution in [0.3, 0.4) is 0 Å². The van der Waals surface area contributed by atoms with Crippen molar-refractivity contribution in [1.82, 2.24) is 10.6 Å². The molecule has 0 aromatic rings. The van der Waals surface area contributed by atoms with Gasteiger partial charge in [0.05, 0.1) is 0 Å². The molecule has 1 aliphatic carbocycles. The summed E-state index contributed by atoms with van der Waals surface area (Å²) in [6.45, 7) is 4.56. The first-order valence-corrected chi connectivity index (χ1v) is 8.26. The molecule has 2 unspecified atom stereocenters. The average Bonchev–Trinajstić information content (AvgIpc) is 2.63. The van der Waals surface area contributed by atoms with Crippen molar-refractivity contribution in [3.63, 3.8) is 0 Å². The molecule has 0 spiro atoms. The van der Waals surface area contributed by atoms with Gasteiger partial charge in [-0.1, -0.05) is 26.2 Å². The lowest BCUT2D eigenvalue weighted by Crippen LogP contribution is -2.39. The largest absolute Gasteiger partial charge is 0.353 e. The molecule has 2 atom stereocenters. The Morgan fingerprint density at radius 2 is 1.84 bits per heavy atom. The van der Waals surface area contributed by atoms with Gasteiger partial charge in [-0.2, -0.15) is 0 Å². The molecular weight excluding hydrogens is 236 g/mol. The van der Waals surface area contributed by atoms with Crippen molar-refractivity contribution in [1.29, 1.82) is 0 Å². The maximum Gasteiger partial charge on any atom is 0.220 e. The second-order valence-corrected chi connectivity index (χ2v) is 6.52. The molecule has 2 aliphatic rings. The number of carbonyl (C=O) groups excluding carboxylic acids is 1. The van der Waals surface area contributed by atoms with Gasteiger partial charge in [-0.3, -0.25) is 4.79 Å². The number of piperidine rings is 1. The van der Waals surface area contributed by atoms with Gasteiger partial charge in [0.2, 0.25) is 5.91 Å². The zero-order valence-corrected chi connectivity index (χ0v) is 12.4. The molecule has 3 nitrogen and oxygen atoms in total. The standard InChI is InChI=1S/C16H30N2O/c1-13-5-3-2-4-6-15(13)18-16(19)8-7-14-9-11-17-12-10-14/h13-15,17H,2-12H2,1H3,(H,18,19). The molecule has 2 fully saturated rings. The Bertz CT molecular complexity index is 274. The third-order valence-electron chi connectivity index (χ3n) is 4.95. The summed E-state index contributed by atoms with van der Waals surface area (Å²) in [6.07, 6.45) is 10.7. The van der Waals surface area contributed by atoms with Crippen LogP contribution in [-0.2, 0) is 4.79 Å². The third kappa shape index (κ3) is 5.13. The fraction of sp³-hybridized carbons (Fsp3) is 0.938. The van der Waals surface area contributed by atoms with Gasteiger partial charge in [-0.05, 0) is 57.0 Å². The minimum atomic E-state index is 0.289. The van der Waals surface area contributed by atoms with Crippen molar-refractivity contribution < 1.29 is 4.79 Å². The first-order chi connectivity index (χ1) is 9.25. The fourth-order valence-electron chi connectivity index (χ4n) is 3.49. The summed E-state index contributed by atoms with van der Waals surface area (Å²) in [6, 6.07) is 0.433. The summed E-state index contributed by atoms with van der Waals surface area (Å²) in [5.41, 5.74) is 0. The highest BCUT2D eigenvalue weighted by molar-refractivity contribution is 5.76. The molecule has 1 saturated heterocycles. The van der Waals surface area contributed by atoms with E-state index in [1.807, 2.05) is 0 Å². The highest BCUT2D eigenvalue weighted by Crippen LogP contribution is 2.23. The second kappa shape index (κ2) is 7.88. The quantitative estimate of drug-likeness (QED) is 0.768. The van der Waals surface area contributed by atoms with Crippen LogP contribution in [0.4, 0.5) is 0 Å². The van der Waals surface area contributed by atoms with Crippen LogP contribution in [0, 0.1) is 11.8 Å². The summed E-state index contributed by atoms with van der Waals surface area (Å²) in [7, 11) is 0. The SMILES string of the molecule is CC1CCCCCC1NC(=O)CCC1CCNCC1.